The lowest BCUT2D eigenvalue weighted by Crippen LogP contribution is -2.49. The summed E-state index contributed by atoms with van der Waals surface area (Å²) in [5.74, 6) is 0.166. The molecule has 1 fully saturated rings. The molecule has 0 aliphatic carbocycles. The second-order valence-electron chi connectivity index (χ2n) is 5.81. The Bertz CT molecular complexity index is 558. The first kappa shape index (κ1) is 19.4. The van der Waals surface area contributed by atoms with E-state index >= 15 is 0 Å². The first-order valence-electron chi connectivity index (χ1n) is 7.95. The van der Waals surface area contributed by atoms with Gasteiger partial charge in [0.15, 0.2) is 0 Å². The third kappa shape index (κ3) is 5.82. The Kier molecular flexibility index (Phi) is 6.54. The van der Waals surface area contributed by atoms with E-state index in [4.69, 9.17) is 9.84 Å². The Balaban J connectivity index is 1.78. The predicted molar refractivity (Wildman–Crippen MR) is 82.9 cm³/mol. The zero-order valence-electron chi connectivity index (χ0n) is 13.9. The number of carbonyl (C=O) groups excluding carboxylic acids is 1. The van der Waals surface area contributed by atoms with E-state index in [0.29, 0.717) is 26.2 Å². The van der Waals surface area contributed by atoms with E-state index in [1.165, 1.54) is 0 Å². The highest BCUT2D eigenvalue weighted by Gasteiger charge is 2.32. The Labute approximate surface area is 143 Å². The van der Waals surface area contributed by atoms with E-state index < -0.39 is 17.8 Å². The maximum absolute atomic E-state index is 12.5. The topological polar surface area (TPSA) is 78.8 Å². The van der Waals surface area contributed by atoms with Crippen molar-refractivity contribution < 1.29 is 27.8 Å². The average molecular weight is 362 g/mol. The summed E-state index contributed by atoms with van der Waals surface area (Å²) in [7, 11) is 0. The number of nitrogens with zero attached hydrogens (tertiary/aromatic N) is 4. The number of aromatic nitrogens is 2. The Morgan fingerprint density at radius 3 is 2.40 bits per heavy atom. The third-order valence-corrected chi connectivity index (χ3v) is 3.70. The molecule has 0 unspecified atom stereocenters. The molecule has 7 nitrogen and oxygen atoms in total. The number of piperazine rings is 1. The fourth-order valence-electron chi connectivity index (χ4n) is 2.36. The normalized spacial score (nSPS) is 16.8. The highest BCUT2D eigenvalue weighted by molar-refractivity contribution is 5.76. The monoisotopic (exact) mass is 362 g/mol. The molecule has 1 aliphatic heterocycles. The van der Waals surface area contributed by atoms with E-state index in [-0.39, 0.29) is 31.5 Å². The quantitative estimate of drug-likeness (QED) is 0.759. The third-order valence-electron chi connectivity index (χ3n) is 3.70. The number of rotatable bonds is 6. The summed E-state index contributed by atoms with van der Waals surface area (Å²) in [6.45, 7) is 3.82. The number of hydrogen-bond acceptors (Lipinski definition) is 6. The van der Waals surface area contributed by atoms with Gasteiger partial charge in [0.25, 0.3) is 0 Å². The molecule has 0 radical (unpaired) electrons. The fraction of sp³-hybridized carbons (Fsp3) is 0.667. The number of halogens is 3. The number of anilines is 1. The van der Waals surface area contributed by atoms with Crippen molar-refractivity contribution in [3.63, 3.8) is 0 Å². The van der Waals surface area contributed by atoms with Crippen molar-refractivity contribution in [2.24, 2.45) is 0 Å². The molecule has 1 aliphatic rings. The molecular weight excluding hydrogens is 341 g/mol. The molecule has 25 heavy (non-hydrogen) atoms. The molecule has 1 amide bonds. The van der Waals surface area contributed by atoms with Crippen LogP contribution >= 0.6 is 0 Å². The first-order valence-corrected chi connectivity index (χ1v) is 7.95. The van der Waals surface area contributed by atoms with Gasteiger partial charge >= 0.3 is 6.18 Å². The van der Waals surface area contributed by atoms with Crippen molar-refractivity contribution in [2.75, 3.05) is 44.3 Å². The number of aliphatic hydroxyl groups is 1. The van der Waals surface area contributed by atoms with Gasteiger partial charge in [0.1, 0.15) is 0 Å². The van der Waals surface area contributed by atoms with Gasteiger partial charge < -0.3 is 19.6 Å². The van der Waals surface area contributed by atoms with E-state index in [1.807, 2.05) is 0 Å². The lowest BCUT2D eigenvalue weighted by atomic mass is 10.3. The SMILES string of the molecule is C[C@H](O)COCCC(=O)N1CCN(c2ncc(C(F)(F)F)cn2)CC1. The molecule has 0 spiro atoms. The van der Waals surface area contributed by atoms with Crippen molar-refractivity contribution >= 4 is 11.9 Å². The summed E-state index contributed by atoms with van der Waals surface area (Å²) >= 11 is 0. The lowest BCUT2D eigenvalue weighted by molar-refractivity contribution is -0.138. The van der Waals surface area contributed by atoms with Gasteiger partial charge in [-0.05, 0) is 6.92 Å². The molecule has 1 aromatic heterocycles. The highest BCUT2D eigenvalue weighted by Crippen LogP contribution is 2.28. The summed E-state index contributed by atoms with van der Waals surface area (Å²) in [6.07, 6.45) is -3.27. The van der Waals surface area contributed by atoms with Crippen LogP contribution in [-0.4, -0.2) is 71.4 Å². The van der Waals surface area contributed by atoms with Gasteiger partial charge in [-0.1, -0.05) is 0 Å². The minimum atomic E-state index is -4.46. The summed E-state index contributed by atoms with van der Waals surface area (Å²) in [6, 6.07) is 0. The van der Waals surface area contributed by atoms with E-state index in [9.17, 15) is 18.0 Å². The van der Waals surface area contributed by atoms with Gasteiger partial charge in [-0.2, -0.15) is 13.2 Å². The van der Waals surface area contributed by atoms with Crippen molar-refractivity contribution in [2.45, 2.75) is 25.6 Å². The molecule has 10 heteroatoms. The number of ether oxygens (including phenoxy) is 1. The van der Waals surface area contributed by atoms with Crippen LogP contribution in [0.4, 0.5) is 19.1 Å². The van der Waals surface area contributed by atoms with Gasteiger partial charge in [0, 0.05) is 38.6 Å². The maximum Gasteiger partial charge on any atom is 0.419 e. The number of aliphatic hydroxyl groups excluding tert-OH is 1. The predicted octanol–water partition coefficient (Wildman–Crippen LogP) is 0.931. The van der Waals surface area contributed by atoms with Crippen LogP contribution in [-0.2, 0) is 15.7 Å². The minimum Gasteiger partial charge on any atom is -0.391 e. The van der Waals surface area contributed by atoms with Crippen LogP contribution in [0.2, 0.25) is 0 Å². The van der Waals surface area contributed by atoms with Gasteiger partial charge in [0.05, 0.1) is 31.3 Å². The number of amides is 1. The van der Waals surface area contributed by atoms with E-state index in [0.717, 1.165) is 12.4 Å². The van der Waals surface area contributed by atoms with Crippen LogP contribution in [0.25, 0.3) is 0 Å². The van der Waals surface area contributed by atoms with E-state index in [2.05, 4.69) is 9.97 Å². The van der Waals surface area contributed by atoms with Gasteiger partial charge in [-0.3, -0.25) is 4.79 Å². The van der Waals surface area contributed by atoms with E-state index in [1.54, 1.807) is 16.7 Å². The summed E-state index contributed by atoms with van der Waals surface area (Å²) < 4.78 is 42.7. The number of alkyl halides is 3. The molecule has 0 aromatic carbocycles. The molecule has 2 rings (SSSR count). The molecule has 0 saturated carbocycles. The van der Waals surface area contributed by atoms with Crippen molar-refractivity contribution in [1.82, 2.24) is 14.9 Å². The fourth-order valence-corrected chi connectivity index (χ4v) is 2.36. The van der Waals surface area contributed by atoms with Crippen LogP contribution in [0.15, 0.2) is 12.4 Å². The molecule has 1 saturated heterocycles. The molecule has 140 valence electrons. The zero-order chi connectivity index (χ0) is 18.4. The molecule has 1 N–H and O–H groups in total. The second-order valence-corrected chi connectivity index (χ2v) is 5.81. The molecule has 1 aromatic rings. The van der Waals surface area contributed by atoms with Crippen LogP contribution in [0.3, 0.4) is 0 Å². The van der Waals surface area contributed by atoms with Crippen LogP contribution in [0.5, 0.6) is 0 Å². The van der Waals surface area contributed by atoms with Gasteiger partial charge in [-0.15, -0.1) is 0 Å². The summed E-state index contributed by atoms with van der Waals surface area (Å²) in [5.41, 5.74) is -0.887. The Hall–Kier alpha value is -1.94. The number of hydrogen-bond donors (Lipinski definition) is 1. The molecular formula is C15H21F3N4O3. The highest BCUT2D eigenvalue weighted by atomic mass is 19.4. The standard InChI is InChI=1S/C15H21F3N4O3/c1-11(23)10-25-7-2-13(24)21-3-5-22(6-4-21)14-19-8-12(9-20-14)15(16,17)18/h8-9,11,23H,2-7,10H2,1H3/t11-/m0/s1. The summed E-state index contributed by atoms with van der Waals surface area (Å²) in [4.78, 5) is 23.0. The van der Waals surface area contributed by atoms with Crippen LogP contribution in [0.1, 0.15) is 18.9 Å². The Morgan fingerprint density at radius 2 is 1.88 bits per heavy atom. The van der Waals surface area contributed by atoms with Crippen molar-refractivity contribution in [1.29, 1.82) is 0 Å². The maximum atomic E-state index is 12.5. The van der Waals surface area contributed by atoms with Crippen molar-refractivity contribution in [3.8, 4) is 0 Å². The number of carbonyl (C=O) groups is 1. The van der Waals surface area contributed by atoms with Gasteiger partial charge in [0.2, 0.25) is 11.9 Å². The van der Waals surface area contributed by atoms with Gasteiger partial charge in [-0.25, -0.2) is 9.97 Å². The smallest absolute Gasteiger partial charge is 0.391 e. The van der Waals surface area contributed by atoms with Crippen LogP contribution < -0.4 is 4.90 Å². The lowest BCUT2D eigenvalue weighted by Gasteiger charge is -2.34. The molecule has 0 bridgehead atoms. The largest absolute Gasteiger partial charge is 0.419 e. The molecule has 1 atom stereocenters. The van der Waals surface area contributed by atoms with Crippen LogP contribution in [0, 0.1) is 0 Å². The molecule has 2 heterocycles. The minimum absolute atomic E-state index is 0.0569. The Morgan fingerprint density at radius 1 is 1.28 bits per heavy atom. The second kappa shape index (κ2) is 8.43. The van der Waals surface area contributed by atoms with Crippen molar-refractivity contribution in [3.05, 3.63) is 18.0 Å². The summed E-state index contributed by atoms with van der Waals surface area (Å²) in [5, 5.41) is 9.07. The average Bonchev–Trinajstić information content (AvgIpc) is 2.58. The first-order chi connectivity index (χ1) is 11.8. The zero-order valence-corrected chi connectivity index (χ0v) is 13.9.